The number of alkyl halides is 1. The van der Waals surface area contributed by atoms with Gasteiger partial charge in [0, 0.05) is 6.08 Å². The first kappa shape index (κ1) is 11.5. The Morgan fingerprint density at radius 2 is 2.31 bits per heavy atom. The molecule has 1 aliphatic carbocycles. The zero-order valence-corrected chi connectivity index (χ0v) is 7.07. The topological polar surface area (TPSA) is 79.5 Å². The Morgan fingerprint density at radius 3 is 2.69 bits per heavy atom. The van der Waals surface area contributed by atoms with Crippen LogP contribution < -0.4 is 0 Å². The maximum Gasteiger partial charge on any atom is 0.405 e. The van der Waals surface area contributed by atoms with Crippen LogP contribution >= 0.6 is 12.4 Å². The van der Waals surface area contributed by atoms with Crippen molar-refractivity contribution in [3.8, 4) is 0 Å². The minimum absolute atomic E-state index is 0. The molecule has 0 amide bonds. The first-order valence-corrected chi connectivity index (χ1v) is 3.06. The Morgan fingerprint density at radius 1 is 1.69 bits per heavy atom. The Balaban J connectivity index is 0.00000144. The molecule has 0 radical (unpaired) electrons. The summed E-state index contributed by atoms with van der Waals surface area (Å²) in [5.41, 5.74) is 7.16. The van der Waals surface area contributed by atoms with Crippen molar-refractivity contribution < 1.29 is 14.1 Å². The highest BCUT2D eigenvalue weighted by molar-refractivity contribution is 5.99. The summed E-state index contributed by atoms with van der Waals surface area (Å²) in [6, 6.07) is 0. The van der Waals surface area contributed by atoms with Crippen molar-refractivity contribution in [3.05, 3.63) is 39.6 Å². The fourth-order valence-electron chi connectivity index (χ4n) is 0.823. The van der Waals surface area contributed by atoms with Gasteiger partial charge in [-0.3, -0.25) is 10.1 Å². The summed E-state index contributed by atoms with van der Waals surface area (Å²) in [6.45, 7) is 0. The van der Waals surface area contributed by atoms with E-state index in [4.69, 9.17) is 5.53 Å². The standard InChI is InChI=1S/C6H4FN3O2.ClH/c7-4-2-1-3-5(10(11)12)6(4)9-8;/h1-4H;1H. The van der Waals surface area contributed by atoms with Crippen molar-refractivity contribution in [1.29, 1.82) is 0 Å². The van der Waals surface area contributed by atoms with Crippen LogP contribution in [0.1, 0.15) is 0 Å². The number of nitro groups is 1. The van der Waals surface area contributed by atoms with E-state index in [1.165, 1.54) is 6.08 Å². The molecule has 0 saturated heterocycles. The highest BCUT2D eigenvalue weighted by atomic mass is 35.5. The van der Waals surface area contributed by atoms with Crippen LogP contribution in [0.15, 0.2) is 23.9 Å². The molecular weight excluding hydrogens is 201 g/mol. The molecule has 0 aromatic carbocycles. The molecule has 0 aromatic heterocycles. The molecule has 7 heteroatoms. The van der Waals surface area contributed by atoms with Gasteiger partial charge in [-0.25, -0.2) is 4.39 Å². The fraction of sp³-hybridized carbons (Fsp3) is 0.167. The lowest BCUT2D eigenvalue weighted by atomic mass is 10.1. The van der Waals surface area contributed by atoms with E-state index in [0.29, 0.717) is 0 Å². The number of rotatable bonds is 1. The van der Waals surface area contributed by atoms with Gasteiger partial charge in [0.05, 0.1) is 4.92 Å². The molecule has 1 atom stereocenters. The van der Waals surface area contributed by atoms with Crippen molar-refractivity contribution >= 4 is 18.1 Å². The smallest absolute Gasteiger partial charge is 0.361 e. The number of nitrogens with zero attached hydrogens (tertiary/aromatic N) is 3. The normalized spacial score (nSPS) is 19.9. The number of hydrogen-bond donors (Lipinski definition) is 0. The van der Waals surface area contributed by atoms with Gasteiger partial charge in [-0.15, -0.1) is 12.4 Å². The van der Waals surface area contributed by atoms with Crippen molar-refractivity contribution in [2.45, 2.75) is 6.17 Å². The molecule has 0 aliphatic heterocycles. The minimum Gasteiger partial charge on any atom is -0.361 e. The molecule has 5 nitrogen and oxygen atoms in total. The van der Waals surface area contributed by atoms with Crippen molar-refractivity contribution in [2.75, 3.05) is 0 Å². The third kappa shape index (κ3) is 2.21. The van der Waals surface area contributed by atoms with Crippen LogP contribution in [0, 0.1) is 10.1 Å². The Hall–Kier alpha value is -1.52. The van der Waals surface area contributed by atoms with Crippen LogP contribution in [0.5, 0.6) is 0 Å². The Kier molecular flexibility index (Phi) is 3.97. The molecule has 70 valence electrons. The first-order valence-electron chi connectivity index (χ1n) is 3.06. The summed E-state index contributed by atoms with van der Waals surface area (Å²) >= 11 is 0. The summed E-state index contributed by atoms with van der Waals surface area (Å²) in [5, 5.41) is 10.2. The molecule has 0 N–H and O–H groups in total. The maximum atomic E-state index is 12.7. The van der Waals surface area contributed by atoms with Crippen molar-refractivity contribution in [1.82, 2.24) is 0 Å². The predicted molar refractivity (Wildman–Crippen MR) is 45.0 cm³/mol. The Bertz CT molecular complexity index is 333. The third-order valence-corrected chi connectivity index (χ3v) is 1.36. The molecule has 0 fully saturated rings. The third-order valence-electron chi connectivity index (χ3n) is 1.36. The van der Waals surface area contributed by atoms with Crippen LogP contribution in [0.4, 0.5) is 4.39 Å². The number of halogens is 2. The van der Waals surface area contributed by atoms with Gasteiger partial charge in [-0.05, 0) is 6.08 Å². The van der Waals surface area contributed by atoms with Crippen LogP contribution in [0.3, 0.4) is 0 Å². The van der Waals surface area contributed by atoms with E-state index in [9.17, 15) is 14.5 Å². The zero-order chi connectivity index (χ0) is 9.14. The van der Waals surface area contributed by atoms with Crippen LogP contribution in [-0.2, 0) is 0 Å². The summed E-state index contributed by atoms with van der Waals surface area (Å²) in [5.74, 6) is 0. The minimum atomic E-state index is -1.71. The lowest BCUT2D eigenvalue weighted by Gasteiger charge is -1.98. The lowest BCUT2D eigenvalue weighted by Crippen LogP contribution is -2.24. The second-order valence-electron chi connectivity index (χ2n) is 2.08. The molecule has 0 spiro atoms. The largest absolute Gasteiger partial charge is 0.405 e. The van der Waals surface area contributed by atoms with Crippen LogP contribution in [0.2, 0.25) is 0 Å². The molecule has 1 unspecified atom stereocenters. The molecule has 0 heterocycles. The highest BCUT2D eigenvalue weighted by Gasteiger charge is 2.36. The van der Waals surface area contributed by atoms with E-state index in [-0.39, 0.29) is 12.4 Å². The van der Waals surface area contributed by atoms with Gasteiger partial charge in [0.15, 0.2) is 0 Å². The molecule has 13 heavy (non-hydrogen) atoms. The van der Waals surface area contributed by atoms with E-state index in [1.54, 1.807) is 0 Å². The van der Waals surface area contributed by atoms with E-state index in [2.05, 4.69) is 4.79 Å². The van der Waals surface area contributed by atoms with E-state index in [1.807, 2.05) is 0 Å². The lowest BCUT2D eigenvalue weighted by molar-refractivity contribution is -0.418. The van der Waals surface area contributed by atoms with Gasteiger partial charge in [0.25, 0.3) is 0 Å². The monoisotopic (exact) mass is 205 g/mol. The van der Waals surface area contributed by atoms with Crippen molar-refractivity contribution in [3.63, 3.8) is 0 Å². The summed E-state index contributed by atoms with van der Waals surface area (Å²) in [4.78, 5) is 11.9. The second kappa shape index (κ2) is 4.49. The molecular formula is C6H5ClFN3O2. The molecule has 0 saturated carbocycles. The zero-order valence-electron chi connectivity index (χ0n) is 6.25. The fourth-order valence-corrected chi connectivity index (χ4v) is 0.823. The molecule has 1 aliphatic rings. The highest BCUT2D eigenvalue weighted by Crippen LogP contribution is 2.11. The van der Waals surface area contributed by atoms with E-state index >= 15 is 0 Å². The second-order valence-corrected chi connectivity index (χ2v) is 2.08. The van der Waals surface area contributed by atoms with Gasteiger partial charge in [-0.1, -0.05) is 6.08 Å². The Labute approximate surface area is 78.7 Å². The average Bonchev–Trinajstić information content (AvgIpc) is 2.03. The summed E-state index contributed by atoms with van der Waals surface area (Å²) in [7, 11) is 0. The van der Waals surface area contributed by atoms with Crippen LogP contribution in [0.25, 0.3) is 5.53 Å². The first-order chi connectivity index (χ1) is 5.66. The van der Waals surface area contributed by atoms with E-state index < -0.39 is 22.5 Å². The average molecular weight is 206 g/mol. The van der Waals surface area contributed by atoms with Gasteiger partial charge >= 0.3 is 11.4 Å². The quantitative estimate of drug-likeness (QED) is 0.279. The maximum absolute atomic E-state index is 12.7. The number of hydrogen-bond acceptors (Lipinski definition) is 2. The predicted octanol–water partition coefficient (Wildman–Crippen LogP) is 1.15. The van der Waals surface area contributed by atoms with Crippen molar-refractivity contribution in [2.24, 2.45) is 0 Å². The van der Waals surface area contributed by atoms with E-state index in [0.717, 1.165) is 12.2 Å². The molecule has 0 bridgehead atoms. The van der Waals surface area contributed by atoms with Crippen LogP contribution in [-0.4, -0.2) is 21.6 Å². The summed E-state index contributed by atoms with van der Waals surface area (Å²) < 4.78 is 12.7. The van der Waals surface area contributed by atoms with Gasteiger partial charge in [-0.2, -0.15) is 4.79 Å². The van der Waals surface area contributed by atoms with Gasteiger partial charge in [0.1, 0.15) is 0 Å². The number of allylic oxidation sites excluding steroid dienone is 4. The van der Waals surface area contributed by atoms with Gasteiger partial charge < -0.3 is 5.53 Å². The SMILES string of the molecule is Cl.[N-]=[N+]=C1C([N+](=O)[O-])=CC=CC1F. The van der Waals surface area contributed by atoms with Gasteiger partial charge in [0.2, 0.25) is 6.17 Å². The summed E-state index contributed by atoms with van der Waals surface area (Å²) in [6.07, 6.45) is 1.63. The molecule has 0 aromatic rings. The molecule has 1 rings (SSSR count).